The van der Waals surface area contributed by atoms with Gasteiger partial charge in [-0.05, 0) is 28.1 Å². The van der Waals surface area contributed by atoms with Crippen molar-refractivity contribution in [2.24, 2.45) is 0 Å². The lowest BCUT2D eigenvalue weighted by molar-refractivity contribution is 0.104. The summed E-state index contributed by atoms with van der Waals surface area (Å²) in [5, 5.41) is 0. The number of rotatable bonds is 3. The van der Waals surface area contributed by atoms with E-state index in [4.69, 9.17) is 0 Å². The number of aromatic nitrogens is 1. The van der Waals surface area contributed by atoms with E-state index in [0.717, 1.165) is 0 Å². The van der Waals surface area contributed by atoms with Crippen molar-refractivity contribution in [3.05, 3.63) is 40.8 Å². The maximum absolute atomic E-state index is 11.5. The molecule has 1 aromatic heterocycles. The molecule has 0 radical (unpaired) electrons. The average Bonchev–Trinajstić information content (AvgIpc) is 2.14. The Balaban J connectivity index is 2.80. The number of nitrogens with zero attached hydrogens (tertiary/aromatic N) is 2. The summed E-state index contributed by atoms with van der Waals surface area (Å²) in [4.78, 5) is 17.4. The number of pyridine rings is 1. The molecule has 0 atom stereocenters. The van der Waals surface area contributed by atoms with E-state index < -0.39 is 0 Å². The molecule has 0 bridgehead atoms. The lowest BCUT2D eigenvalue weighted by Crippen LogP contribution is -2.04. The molecule has 0 amide bonds. The summed E-state index contributed by atoms with van der Waals surface area (Å²) in [7, 11) is 3.72. The van der Waals surface area contributed by atoms with Gasteiger partial charge in [0.2, 0.25) is 5.78 Å². The summed E-state index contributed by atoms with van der Waals surface area (Å²) < 4.78 is 0.668. The predicted molar refractivity (Wildman–Crippen MR) is 59.1 cm³/mol. The van der Waals surface area contributed by atoms with Crippen molar-refractivity contribution in [2.75, 3.05) is 14.1 Å². The first kappa shape index (κ1) is 10.9. The Labute approximate surface area is 91.6 Å². The summed E-state index contributed by atoms with van der Waals surface area (Å²) >= 11 is 3.21. The molecular weight excluding hydrogens is 244 g/mol. The van der Waals surface area contributed by atoms with Gasteiger partial charge in [0.1, 0.15) is 10.3 Å². The van der Waals surface area contributed by atoms with Crippen LogP contribution in [-0.4, -0.2) is 29.8 Å². The van der Waals surface area contributed by atoms with Crippen LogP contribution < -0.4 is 0 Å². The van der Waals surface area contributed by atoms with Crippen LogP contribution in [0, 0.1) is 0 Å². The highest BCUT2D eigenvalue weighted by atomic mass is 79.9. The molecule has 0 aromatic carbocycles. The second-order valence-electron chi connectivity index (χ2n) is 2.99. The lowest BCUT2D eigenvalue weighted by Gasteiger charge is -2.02. The number of allylic oxidation sites excluding steroid dienone is 1. The van der Waals surface area contributed by atoms with Crippen LogP contribution in [0.15, 0.2) is 35.1 Å². The first-order valence-electron chi connectivity index (χ1n) is 4.11. The Morgan fingerprint density at radius 2 is 2.21 bits per heavy atom. The van der Waals surface area contributed by atoms with E-state index in [-0.39, 0.29) is 5.78 Å². The largest absolute Gasteiger partial charge is 0.383 e. The minimum absolute atomic E-state index is 0.0972. The van der Waals surface area contributed by atoms with Crippen LogP contribution in [0.3, 0.4) is 0 Å². The minimum Gasteiger partial charge on any atom is -0.383 e. The van der Waals surface area contributed by atoms with Crippen molar-refractivity contribution >= 4 is 21.7 Å². The summed E-state index contributed by atoms with van der Waals surface area (Å²) in [6, 6.07) is 5.26. The third-order valence-corrected chi connectivity index (χ3v) is 1.93. The monoisotopic (exact) mass is 254 g/mol. The van der Waals surface area contributed by atoms with E-state index in [1.165, 1.54) is 6.08 Å². The third-order valence-electron chi connectivity index (χ3n) is 1.49. The normalized spacial score (nSPS) is 10.5. The molecule has 0 saturated carbocycles. The van der Waals surface area contributed by atoms with E-state index in [0.29, 0.717) is 10.3 Å². The molecule has 0 saturated heterocycles. The van der Waals surface area contributed by atoms with E-state index in [1.54, 1.807) is 29.3 Å². The molecule has 4 heteroatoms. The Morgan fingerprint density at radius 3 is 2.79 bits per heavy atom. The number of carbonyl (C=O) groups is 1. The molecule has 14 heavy (non-hydrogen) atoms. The van der Waals surface area contributed by atoms with Crippen LogP contribution >= 0.6 is 15.9 Å². The van der Waals surface area contributed by atoms with Gasteiger partial charge in [-0.2, -0.15) is 0 Å². The summed E-state index contributed by atoms with van der Waals surface area (Å²) in [6.07, 6.45) is 3.19. The number of hydrogen-bond acceptors (Lipinski definition) is 3. The zero-order valence-corrected chi connectivity index (χ0v) is 9.65. The molecule has 0 unspecified atom stereocenters. The van der Waals surface area contributed by atoms with Crippen molar-refractivity contribution in [1.82, 2.24) is 9.88 Å². The van der Waals surface area contributed by atoms with Gasteiger partial charge < -0.3 is 4.90 Å². The highest BCUT2D eigenvalue weighted by Gasteiger charge is 2.02. The summed E-state index contributed by atoms with van der Waals surface area (Å²) in [6.45, 7) is 0. The second-order valence-corrected chi connectivity index (χ2v) is 3.80. The molecule has 0 spiro atoms. The number of halogens is 1. The Hall–Kier alpha value is -1.16. The van der Waals surface area contributed by atoms with Crippen molar-refractivity contribution in [2.45, 2.75) is 0 Å². The fourth-order valence-corrected chi connectivity index (χ4v) is 1.19. The molecule has 1 heterocycles. The van der Waals surface area contributed by atoms with Crippen molar-refractivity contribution < 1.29 is 4.79 Å². The first-order chi connectivity index (χ1) is 6.59. The van der Waals surface area contributed by atoms with Gasteiger partial charge in [0.05, 0.1) is 0 Å². The van der Waals surface area contributed by atoms with Gasteiger partial charge in [-0.25, -0.2) is 4.98 Å². The molecule has 1 rings (SSSR count). The molecule has 0 N–H and O–H groups in total. The maximum Gasteiger partial charge on any atom is 0.205 e. The topological polar surface area (TPSA) is 33.2 Å². The smallest absolute Gasteiger partial charge is 0.205 e. The van der Waals surface area contributed by atoms with Crippen LogP contribution in [0.4, 0.5) is 0 Å². The van der Waals surface area contributed by atoms with Gasteiger partial charge in [-0.15, -0.1) is 0 Å². The van der Waals surface area contributed by atoms with Gasteiger partial charge in [0, 0.05) is 26.4 Å². The Kier molecular flexibility index (Phi) is 3.83. The Bertz CT molecular complexity index is 361. The highest BCUT2D eigenvalue weighted by molar-refractivity contribution is 9.10. The Morgan fingerprint density at radius 1 is 1.50 bits per heavy atom. The summed E-state index contributed by atoms with van der Waals surface area (Å²) in [5.74, 6) is -0.0972. The molecule has 0 aliphatic carbocycles. The van der Waals surface area contributed by atoms with E-state index in [1.807, 2.05) is 14.1 Å². The first-order valence-corrected chi connectivity index (χ1v) is 4.90. The molecule has 74 valence electrons. The van der Waals surface area contributed by atoms with Crippen molar-refractivity contribution in [1.29, 1.82) is 0 Å². The molecule has 0 fully saturated rings. The van der Waals surface area contributed by atoms with Crippen LogP contribution in [0.25, 0.3) is 0 Å². The zero-order valence-electron chi connectivity index (χ0n) is 8.07. The van der Waals surface area contributed by atoms with E-state index in [2.05, 4.69) is 20.9 Å². The number of carbonyl (C=O) groups excluding carboxylic acids is 1. The van der Waals surface area contributed by atoms with Crippen molar-refractivity contribution in [3.63, 3.8) is 0 Å². The molecule has 1 aromatic rings. The fraction of sp³-hybridized carbons (Fsp3) is 0.200. The third kappa shape index (κ3) is 3.30. The SMILES string of the molecule is CN(C)C=CC(=O)c1cccc(Br)n1. The minimum atomic E-state index is -0.0972. The van der Waals surface area contributed by atoms with Crippen LogP contribution in [-0.2, 0) is 0 Å². The van der Waals surface area contributed by atoms with Gasteiger partial charge in [-0.1, -0.05) is 6.07 Å². The quantitative estimate of drug-likeness (QED) is 0.471. The lowest BCUT2D eigenvalue weighted by atomic mass is 10.2. The fourth-order valence-electron chi connectivity index (χ4n) is 0.848. The second kappa shape index (κ2) is 4.91. The molecule has 0 aliphatic rings. The standard InChI is InChI=1S/C10H11BrN2O/c1-13(2)7-6-9(14)8-4-3-5-10(11)12-8/h3-7H,1-2H3. The maximum atomic E-state index is 11.5. The number of ketones is 1. The van der Waals surface area contributed by atoms with Crippen LogP contribution in [0.5, 0.6) is 0 Å². The average molecular weight is 255 g/mol. The van der Waals surface area contributed by atoms with Gasteiger partial charge in [-0.3, -0.25) is 4.79 Å². The van der Waals surface area contributed by atoms with Crippen LogP contribution in [0.2, 0.25) is 0 Å². The number of hydrogen-bond donors (Lipinski definition) is 0. The van der Waals surface area contributed by atoms with Crippen molar-refractivity contribution in [3.8, 4) is 0 Å². The molecule has 3 nitrogen and oxygen atoms in total. The zero-order chi connectivity index (χ0) is 10.6. The van der Waals surface area contributed by atoms with Crippen LogP contribution in [0.1, 0.15) is 10.5 Å². The molecule has 0 aliphatic heterocycles. The highest BCUT2D eigenvalue weighted by Crippen LogP contribution is 2.07. The van der Waals surface area contributed by atoms with Gasteiger partial charge in [0.25, 0.3) is 0 Å². The van der Waals surface area contributed by atoms with Gasteiger partial charge in [0.15, 0.2) is 0 Å². The van der Waals surface area contributed by atoms with E-state index >= 15 is 0 Å². The summed E-state index contributed by atoms with van der Waals surface area (Å²) in [5.41, 5.74) is 0.442. The van der Waals surface area contributed by atoms with E-state index in [9.17, 15) is 4.79 Å². The molecular formula is C10H11BrN2O. The van der Waals surface area contributed by atoms with Gasteiger partial charge >= 0.3 is 0 Å². The predicted octanol–water partition coefficient (Wildman–Crippen LogP) is 2.10.